The van der Waals surface area contributed by atoms with Gasteiger partial charge in [-0.1, -0.05) is 12.1 Å². The van der Waals surface area contributed by atoms with Crippen molar-refractivity contribution in [2.24, 2.45) is 0 Å². The molecule has 88 valence electrons. The summed E-state index contributed by atoms with van der Waals surface area (Å²) >= 11 is 0. The van der Waals surface area contributed by atoms with Crippen molar-refractivity contribution in [2.75, 3.05) is 6.61 Å². The molecule has 1 aliphatic heterocycles. The van der Waals surface area contributed by atoms with E-state index in [0.29, 0.717) is 6.61 Å². The lowest BCUT2D eigenvalue weighted by Crippen LogP contribution is -2.55. The summed E-state index contributed by atoms with van der Waals surface area (Å²) in [7, 11) is 0. The molecule has 0 aromatic heterocycles. The summed E-state index contributed by atoms with van der Waals surface area (Å²) in [6.07, 6.45) is -0.0660. The maximum Gasteiger partial charge on any atom is 0.123 e. The zero-order chi connectivity index (χ0) is 11.8. The molecule has 1 aromatic rings. The molecule has 2 rings (SSSR count). The first-order valence-corrected chi connectivity index (χ1v) is 5.63. The van der Waals surface area contributed by atoms with E-state index in [9.17, 15) is 4.39 Å². The summed E-state index contributed by atoms with van der Waals surface area (Å²) in [4.78, 5) is 0. The van der Waals surface area contributed by atoms with Crippen molar-refractivity contribution in [3.8, 4) is 0 Å². The van der Waals surface area contributed by atoms with Gasteiger partial charge in [0.25, 0.3) is 0 Å². The fourth-order valence-electron chi connectivity index (χ4n) is 2.24. The van der Waals surface area contributed by atoms with Crippen LogP contribution in [0, 0.1) is 5.82 Å². The van der Waals surface area contributed by atoms with Gasteiger partial charge >= 0.3 is 0 Å². The maximum absolute atomic E-state index is 13.1. The van der Waals surface area contributed by atoms with Gasteiger partial charge in [0.2, 0.25) is 0 Å². The minimum absolute atomic E-state index is 0.0107. The summed E-state index contributed by atoms with van der Waals surface area (Å²) in [5, 5.41) is 3.48. The molecular weight excluding hydrogens is 205 g/mol. The van der Waals surface area contributed by atoms with Crippen LogP contribution in [-0.4, -0.2) is 18.2 Å². The summed E-state index contributed by atoms with van der Waals surface area (Å²) in [5.74, 6) is -0.210. The van der Waals surface area contributed by atoms with Gasteiger partial charge in [0, 0.05) is 11.6 Å². The van der Waals surface area contributed by atoms with Crippen molar-refractivity contribution in [3.63, 3.8) is 0 Å². The van der Waals surface area contributed by atoms with Crippen LogP contribution in [-0.2, 0) is 4.74 Å². The molecule has 1 fully saturated rings. The topological polar surface area (TPSA) is 21.3 Å². The highest BCUT2D eigenvalue weighted by Crippen LogP contribution is 2.28. The lowest BCUT2D eigenvalue weighted by atomic mass is 9.96. The van der Waals surface area contributed by atoms with E-state index in [1.165, 1.54) is 6.07 Å². The van der Waals surface area contributed by atoms with E-state index in [4.69, 9.17) is 4.74 Å². The Hall–Kier alpha value is -0.930. The van der Waals surface area contributed by atoms with Crippen molar-refractivity contribution in [1.29, 1.82) is 0 Å². The van der Waals surface area contributed by atoms with Gasteiger partial charge in [-0.15, -0.1) is 0 Å². The summed E-state index contributed by atoms with van der Waals surface area (Å²) in [5.41, 5.74) is 0.888. The van der Waals surface area contributed by atoms with Gasteiger partial charge in [0.15, 0.2) is 0 Å². The Kier molecular flexibility index (Phi) is 3.00. The van der Waals surface area contributed by atoms with Gasteiger partial charge in [-0.2, -0.15) is 0 Å². The van der Waals surface area contributed by atoms with Crippen LogP contribution in [0.1, 0.15) is 32.4 Å². The number of ether oxygens (including phenoxy) is 1. The Morgan fingerprint density at radius 1 is 1.44 bits per heavy atom. The van der Waals surface area contributed by atoms with Gasteiger partial charge < -0.3 is 10.1 Å². The Labute approximate surface area is 95.8 Å². The van der Waals surface area contributed by atoms with Gasteiger partial charge in [-0.05, 0) is 38.5 Å². The zero-order valence-electron chi connectivity index (χ0n) is 9.96. The first-order chi connectivity index (χ1) is 7.48. The predicted molar refractivity (Wildman–Crippen MR) is 61.8 cm³/mol. The SMILES string of the molecule is CC1NC(C)(C)COC1c1cccc(F)c1. The Bertz CT molecular complexity index is 378. The van der Waals surface area contributed by atoms with Crippen molar-refractivity contribution in [1.82, 2.24) is 5.32 Å². The molecule has 1 N–H and O–H groups in total. The van der Waals surface area contributed by atoms with Crippen LogP contribution in [0.25, 0.3) is 0 Å². The Morgan fingerprint density at radius 2 is 2.19 bits per heavy atom. The van der Waals surface area contributed by atoms with E-state index in [0.717, 1.165) is 5.56 Å². The Morgan fingerprint density at radius 3 is 2.81 bits per heavy atom. The number of hydrogen-bond donors (Lipinski definition) is 1. The minimum Gasteiger partial charge on any atom is -0.370 e. The lowest BCUT2D eigenvalue weighted by Gasteiger charge is -2.41. The molecule has 3 heteroatoms. The predicted octanol–water partition coefficient (Wildman–Crippen LogP) is 2.65. The number of nitrogens with one attached hydrogen (secondary N) is 1. The highest BCUT2D eigenvalue weighted by Gasteiger charge is 2.33. The molecule has 1 aromatic carbocycles. The number of benzene rings is 1. The van der Waals surface area contributed by atoms with Gasteiger partial charge in [-0.3, -0.25) is 0 Å². The molecule has 1 aliphatic rings. The van der Waals surface area contributed by atoms with Crippen LogP contribution >= 0.6 is 0 Å². The van der Waals surface area contributed by atoms with Crippen LogP contribution in [0.3, 0.4) is 0 Å². The van der Waals surface area contributed by atoms with E-state index in [2.05, 4.69) is 26.1 Å². The molecule has 2 atom stereocenters. The molecule has 0 bridgehead atoms. The molecule has 2 nitrogen and oxygen atoms in total. The average molecular weight is 223 g/mol. The number of hydrogen-bond acceptors (Lipinski definition) is 2. The molecule has 0 radical (unpaired) electrons. The lowest BCUT2D eigenvalue weighted by molar-refractivity contribution is -0.0496. The highest BCUT2D eigenvalue weighted by molar-refractivity contribution is 5.21. The highest BCUT2D eigenvalue weighted by atomic mass is 19.1. The Balaban J connectivity index is 2.17. The molecule has 0 spiro atoms. The van der Waals surface area contributed by atoms with Crippen LogP contribution in [0.15, 0.2) is 24.3 Å². The van der Waals surface area contributed by atoms with E-state index >= 15 is 0 Å². The normalized spacial score (nSPS) is 29.0. The number of rotatable bonds is 1. The third kappa shape index (κ3) is 2.42. The maximum atomic E-state index is 13.1. The fraction of sp³-hybridized carbons (Fsp3) is 0.538. The monoisotopic (exact) mass is 223 g/mol. The largest absolute Gasteiger partial charge is 0.370 e. The second-order valence-electron chi connectivity index (χ2n) is 5.10. The minimum atomic E-state index is -0.210. The van der Waals surface area contributed by atoms with Gasteiger partial charge in [0.05, 0.1) is 12.7 Å². The third-order valence-corrected chi connectivity index (χ3v) is 2.87. The molecule has 0 aliphatic carbocycles. The van der Waals surface area contributed by atoms with E-state index < -0.39 is 0 Å². The number of halogens is 1. The van der Waals surface area contributed by atoms with Crippen molar-refractivity contribution in [3.05, 3.63) is 35.6 Å². The number of morpholine rings is 1. The van der Waals surface area contributed by atoms with Gasteiger partial charge in [-0.25, -0.2) is 4.39 Å². The molecule has 2 unspecified atom stereocenters. The van der Waals surface area contributed by atoms with Gasteiger partial charge in [0.1, 0.15) is 5.82 Å². The second kappa shape index (κ2) is 4.15. The standard InChI is InChI=1S/C13H18FNO/c1-9-12(16-8-13(2,3)15-9)10-5-4-6-11(14)7-10/h4-7,9,12,15H,8H2,1-3H3. The summed E-state index contributed by atoms with van der Waals surface area (Å²) in [6.45, 7) is 6.91. The van der Waals surface area contributed by atoms with Crippen LogP contribution in [0.4, 0.5) is 4.39 Å². The summed E-state index contributed by atoms with van der Waals surface area (Å²) < 4.78 is 18.9. The smallest absolute Gasteiger partial charge is 0.123 e. The molecule has 16 heavy (non-hydrogen) atoms. The van der Waals surface area contributed by atoms with Crippen molar-refractivity contribution < 1.29 is 9.13 Å². The van der Waals surface area contributed by atoms with E-state index in [1.807, 2.05) is 6.07 Å². The molecule has 0 saturated carbocycles. The third-order valence-electron chi connectivity index (χ3n) is 2.87. The van der Waals surface area contributed by atoms with E-state index in [-0.39, 0.29) is 23.5 Å². The molecule has 0 amide bonds. The van der Waals surface area contributed by atoms with Crippen molar-refractivity contribution >= 4 is 0 Å². The summed E-state index contributed by atoms with van der Waals surface area (Å²) in [6, 6.07) is 6.81. The first kappa shape index (κ1) is 11.6. The molecule has 1 saturated heterocycles. The molecule has 1 heterocycles. The zero-order valence-corrected chi connectivity index (χ0v) is 9.96. The van der Waals surface area contributed by atoms with Crippen LogP contribution in [0.5, 0.6) is 0 Å². The van der Waals surface area contributed by atoms with Crippen molar-refractivity contribution in [2.45, 2.75) is 38.5 Å². The van der Waals surface area contributed by atoms with Crippen LogP contribution < -0.4 is 5.32 Å². The average Bonchev–Trinajstić information content (AvgIpc) is 2.15. The molecular formula is C13H18FNO. The van der Waals surface area contributed by atoms with E-state index in [1.54, 1.807) is 12.1 Å². The van der Waals surface area contributed by atoms with Crippen LogP contribution in [0.2, 0.25) is 0 Å². The first-order valence-electron chi connectivity index (χ1n) is 5.63. The fourth-order valence-corrected chi connectivity index (χ4v) is 2.24. The second-order valence-corrected chi connectivity index (χ2v) is 5.10. The quantitative estimate of drug-likeness (QED) is 0.790.